The molecule has 9 heteroatoms. The highest BCUT2D eigenvalue weighted by molar-refractivity contribution is 14.1. The third-order valence-electron chi connectivity index (χ3n) is 1.99. The Balaban J connectivity index is 0.000000211. The maximum Gasteiger partial charge on any atom is 0.348 e. The Hall–Kier alpha value is 0.0300. The summed E-state index contributed by atoms with van der Waals surface area (Å²) < 4.78 is 12.0. The zero-order chi connectivity index (χ0) is 16.0. The average Bonchev–Trinajstić information content (AvgIpc) is 3.05. The highest BCUT2D eigenvalue weighted by atomic mass is 127. The Morgan fingerprint density at radius 2 is 1.67 bits per heavy atom. The highest BCUT2D eigenvalue weighted by Crippen LogP contribution is 2.28. The van der Waals surface area contributed by atoms with Gasteiger partial charge in [-0.05, 0) is 66.6 Å². The lowest BCUT2D eigenvalue weighted by Gasteiger charge is -1.90. The summed E-state index contributed by atoms with van der Waals surface area (Å²) >= 11 is 11.5. The van der Waals surface area contributed by atoms with E-state index in [0.29, 0.717) is 9.75 Å². The summed E-state index contributed by atoms with van der Waals surface area (Å²) in [5.41, 5.74) is 0. The predicted molar refractivity (Wildman–Crippen MR) is 99.4 cm³/mol. The molecule has 0 spiro atoms. The van der Waals surface area contributed by atoms with Crippen LogP contribution in [0.1, 0.15) is 19.3 Å². The molecule has 2 heterocycles. The van der Waals surface area contributed by atoms with Gasteiger partial charge in [0.05, 0.1) is 17.1 Å². The van der Waals surface area contributed by atoms with Crippen molar-refractivity contribution >= 4 is 89.1 Å². The van der Waals surface area contributed by atoms with Crippen LogP contribution in [0.2, 0.25) is 0 Å². The second-order valence-electron chi connectivity index (χ2n) is 3.34. The van der Waals surface area contributed by atoms with Crippen LogP contribution in [0.15, 0.2) is 26.5 Å². The molecule has 4 nitrogen and oxygen atoms in total. The minimum Gasteiger partial charge on any atom is -0.465 e. The molecule has 0 saturated carbocycles. The third kappa shape index (κ3) is 5.97. The predicted octanol–water partition coefficient (Wildman–Crippen LogP) is 5.20. The van der Waals surface area contributed by atoms with E-state index in [-0.39, 0.29) is 11.9 Å². The molecule has 0 N–H and O–H groups in total. The van der Waals surface area contributed by atoms with E-state index in [0.717, 1.165) is 11.8 Å². The minimum absolute atomic E-state index is 0.279. The van der Waals surface area contributed by atoms with Crippen LogP contribution in [0.3, 0.4) is 0 Å². The van der Waals surface area contributed by atoms with Crippen molar-refractivity contribution < 1.29 is 19.1 Å². The molecule has 0 aromatic carbocycles. The summed E-state index contributed by atoms with van der Waals surface area (Å²) in [4.78, 5) is 23.0. The molecule has 0 radical (unpaired) electrons. The van der Waals surface area contributed by atoms with Crippen molar-refractivity contribution in [3.8, 4) is 0 Å². The van der Waals surface area contributed by atoms with Gasteiger partial charge in [-0.1, -0.05) is 0 Å². The van der Waals surface area contributed by atoms with E-state index >= 15 is 0 Å². The van der Waals surface area contributed by atoms with E-state index < -0.39 is 0 Å². The van der Waals surface area contributed by atoms with E-state index in [4.69, 9.17) is 0 Å². The number of thiophene rings is 2. The first kappa shape index (κ1) is 19.1. The second-order valence-corrected chi connectivity index (χ2v) is 8.89. The van der Waals surface area contributed by atoms with Gasteiger partial charge in [-0.2, -0.15) is 0 Å². The molecule has 114 valence electrons. The zero-order valence-electron chi connectivity index (χ0n) is 10.8. The zero-order valence-corrected chi connectivity index (χ0v) is 17.8. The summed E-state index contributed by atoms with van der Waals surface area (Å²) in [7, 11) is 2.75. The Bertz CT molecular complexity index is 619. The van der Waals surface area contributed by atoms with Crippen LogP contribution in [-0.4, -0.2) is 26.2 Å². The normalized spacial score (nSPS) is 9.57. The molecule has 2 aromatic heterocycles. The maximum atomic E-state index is 10.9. The van der Waals surface area contributed by atoms with Gasteiger partial charge in [-0.25, -0.2) is 9.59 Å². The van der Waals surface area contributed by atoms with E-state index in [1.807, 2.05) is 5.38 Å². The van der Waals surface area contributed by atoms with Crippen LogP contribution in [0.25, 0.3) is 0 Å². The first-order chi connectivity index (χ1) is 9.88. The number of halogens is 3. The number of carbonyl (C=O) groups is 2. The molecule has 0 aliphatic rings. The van der Waals surface area contributed by atoms with Crippen molar-refractivity contribution in [1.29, 1.82) is 0 Å². The molecule has 21 heavy (non-hydrogen) atoms. The van der Waals surface area contributed by atoms with Gasteiger partial charge >= 0.3 is 11.9 Å². The highest BCUT2D eigenvalue weighted by Gasteiger charge is 2.11. The van der Waals surface area contributed by atoms with Crippen molar-refractivity contribution in [2.45, 2.75) is 0 Å². The van der Waals surface area contributed by atoms with Crippen molar-refractivity contribution in [3.63, 3.8) is 0 Å². The fraction of sp³-hybridized carbons (Fsp3) is 0.167. The monoisotopic (exact) mass is 566 g/mol. The molecular formula is C12H9Br2IO4S2. The van der Waals surface area contributed by atoms with E-state index in [2.05, 4.69) is 63.9 Å². The molecular weight excluding hydrogens is 559 g/mol. The fourth-order valence-electron chi connectivity index (χ4n) is 1.07. The van der Waals surface area contributed by atoms with Gasteiger partial charge < -0.3 is 9.47 Å². The molecule has 0 atom stereocenters. The quantitative estimate of drug-likeness (QED) is 0.370. The Kier molecular flexibility index (Phi) is 8.39. The molecule has 0 fully saturated rings. The van der Waals surface area contributed by atoms with E-state index in [1.165, 1.54) is 36.9 Å². The van der Waals surface area contributed by atoms with Crippen LogP contribution >= 0.6 is 77.1 Å². The molecule has 0 unspecified atom stereocenters. The topological polar surface area (TPSA) is 52.6 Å². The number of rotatable bonds is 2. The van der Waals surface area contributed by atoms with Gasteiger partial charge in [0.25, 0.3) is 0 Å². The lowest BCUT2D eigenvalue weighted by molar-refractivity contribution is 0.0597. The van der Waals surface area contributed by atoms with Crippen LogP contribution in [-0.2, 0) is 9.47 Å². The van der Waals surface area contributed by atoms with E-state index in [9.17, 15) is 9.59 Å². The van der Waals surface area contributed by atoms with Crippen molar-refractivity contribution in [2.75, 3.05) is 14.2 Å². The maximum absolute atomic E-state index is 10.9. The summed E-state index contributed by atoms with van der Waals surface area (Å²) in [5, 5.41) is 1.84. The molecule has 0 amide bonds. The summed E-state index contributed by atoms with van der Waals surface area (Å²) in [5.74, 6) is -0.561. The first-order valence-corrected chi connectivity index (χ1v) is 9.60. The standard InChI is InChI=1S/C6H4BrIO2S.C6H5BrO2S/c1-10-6(9)4-2-3(7)5(8)11-4;1-9-6(8)5-2-4(7)3-10-5/h2H,1H3;2-3H,1H3. The first-order valence-electron chi connectivity index (χ1n) is 5.24. The SMILES string of the molecule is COC(=O)c1cc(Br)c(I)s1.COC(=O)c1cc(Br)cs1. The van der Waals surface area contributed by atoms with Crippen LogP contribution < -0.4 is 0 Å². The van der Waals surface area contributed by atoms with Crippen LogP contribution in [0, 0.1) is 2.88 Å². The van der Waals surface area contributed by atoms with Crippen LogP contribution in [0.5, 0.6) is 0 Å². The van der Waals surface area contributed by atoms with Gasteiger partial charge in [0.2, 0.25) is 0 Å². The second kappa shape index (κ2) is 9.23. The molecule has 2 rings (SSSR count). The summed E-state index contributed by atoms with van der Waals surface area (Å²) in [6, 6.07) is 3.49. The number of ether oxygens (including phenoxy) is 2. The van der Waals surface area contributed by atoms with Gasteiger partial charge in [0, 0.05) is 14.3 Å². The van der Waals surface area contributed by atoms with Crippen molar-refractivity contribution in [3.05, 3.63) is 39.1 Å². The summed E-state index contributed by atoms with van der Waals surface area (Å²) in [6.07, 6.45) is 0. The lowest BCUT2D eigenvalue weighted by atomic mass is 10.5. The fourth-order valence-corrected chi connectivity index (χ4v) is 4.60. The Morgan fingerprint density at radius 1 is 1.10 bits per heavy atom. The Morgan fingerprint density at radius 3 is 2.05 bits per heavy atom. The van der Waals surface area contributed by atoms with E-state index in [1.54, 1.807) is 12.1 Å². The third-order valence-corrected chi connectivity index (χ3v) is 7.43. The number of esters is 2. The van der Waals surface area contributed by atoms with Gasteiger partial charge in [0.1, 0.15) is 9.75 Å². The number of carbonyl (C=O) groups excluding carboxylic acids is 2. The minimum atomic E-state index is -0.282. The van der Waals surface area contributed by atoms with Crippen LogP contribution in [0.4, 0.5) is 0 Å². The molecule has 0 aliphatic heterocycles. The molecule has 0 aliphatic carbocycles. The average molecular weight is 568 g/mol. The lowest BCUT2D eigenvalue weighted by Crippen LogP contribution is -1.96. The molecule has 2 aromatic rings. The number of hydrogen-bond donors (Lipinski definition) is 0. The van der Waals surface area contributed by atoms with Crippen molar-refractivity contribution in [1.82, 2.24) is 0 Å². The Labute approximate surface area is 160 Å². The molecule has 0 saturated heterocycles. The molecule has 0 bridgehead atoms. The smallest absolute Gasteiger partial charge is 0.348 e. The van der Waals surface area contributed by atoms with Gasteiger partial charge in [-0.3, -0.25) is 0 Å². The summed E-state index contributed by atoms with van der Waals surface area (Å²) in [6.45, 7) is 0. The number of methoxy groups -OCH3 is 2. The largest absolute Gasteiger partial charge is 0.465 e. The van der Waals surface area contributed by atoms with Gasteiger partial charge in [0.15, 0.2) is 0 Å². The van der Waals surface area contributed by atoms with Gasteiger partial charge in [-0.15, -0.1) is 22.7 Å². The van der Waals surface area contributed by atoms with Crippen molar-refractivity contribution in [2.24, 2.45) is 0 Å². The number of hydrogen-bond acceptors (Lipinski definition) is 6.